The molecule has 0 unspecified atom stereocenters. The molecule has 1 aliphatic rings. The number of nitrogens with zero attached hydrogens (tertiary/aromatic N) is 1. The summed E-state index contributed by atoms with van der Waals surface area (Å²) in [6.07, 6.45) is 7.06. The molecule has 2 nitrogen and oxygen atoms in total. The van der Waals surface area contributed by atoms with Gasteiger partial charge in [0.25, 0.3) is 0 Å². The highest BCUT2D eigenvalue weighted by Gasteiger charge is 2.16. The van der Waals surface area contributed by atoms with Crippen LogP contribution in [0.25, 0.3) is 0 Å². The van der Waals surface area contributed by atoms with Crippen molar-refractivity contribution in [3.8, 4) is 0 Å². The highest BCUT2D eigenvalue weighted by atomic mass is 35.5. The van der Waals surface area contributed by atoms with Crippen LogP contribution in [0, 0.1) is 5.92 Å². The Morgan fingerprint density at radius 1 is 1.47 bits per heavy atom. The van der Waals surface area contributed by atoms with E-state index >= 15 is 0 Å². The van der Waals surface area contributed by atoms with Crippen molar-refractivity contribution >= 4 is 11.6 Å². The van der Waals surface area contributed by atoms with Crippen LogP contribution in [0.15, 0.2) is 18.3 Å². The molecule has 0 N–H and O–H groups in total. The van der Waals surface area contributed by atoms with Gasteiger partial charge in [-0.2, -0.15) is 0 Å². The van der Waals surface area contributed by atoms with Crippen molar-refractivity contribution in [1.82, 2.24) is 4.98 Å². The van der Waals surface area contributed by atoms with E-state index in [2.05, 4.69) is 4.98 Å². The van der Waals surface area contributed by atoms with Gasteiger partial charge in [0.15, 0.2) is 0 Å². The predicted molar refractivity (Wildman–Crippen MR) is 60.9 cm³/mol. The van der Waals surface area contributed by atoms with Crippen LogP contribution in [-0.4, -0.2) is 11.6 Å². The molecule has 0 radical (unpaired) electrons. The first-order valence-electron chi connectivity index (χ1n) is 5.53. The van der Waals surface area contributed by atoms with Crippen LogP contribution in [0.1, 0.15) is 31.2 Å². The third-order valence-electron chi connectivity index (χ3n) is 2.99. The lowest BCUT2D eigenvalue weighted by Gasteiger charge is -2.24. The number of hydrogen-bond acceptors (Lipinski definition) is 2. The van der Waals surface area contributed by atoms with E-state index in [0.29, 0.717) is 11.8 Å². The van der Waals surface area contributed by atoms with Crippen molar-refractivity contribution < 1.29 is 4.74 Å². The normalized spacial score (nSPS) is 16.3. The summed E-state index contributed by atoms with van der Waals surface area (Å²) in [4.78, 5) is 4.01. The summed E-state index contributed by atoms with van der Waals surface area (Å²) in [7, 11) is 0. The lowest BCUT2D eigenvalue weighted by Crippen LogP contribution is -2.13. The van der Waals surface area contributed by atoms with Crippen molar-refractivity contribution in [2.24, 2.45) is 5.92 Å². The topological polar surface area (TPSA) is 22.1 Å². The fourth-order valence-corrected chi connectivity index (χ4v) is 1.91. The number of aromatic nitrogens is 1. The van der Waals surface area contributed by atoms with Gasteiger partial charge in [-0.05, 0) is 18.4 Å². The molecule has 15 heavy (non-hydrogen) atoms. The Morgan fingerprint density at radius 3 is 3.00 bits per heavy atom. The maximum Gasteiger partial charge on any atom is 0.134 e. The highest BCUT2D eigenvalue weighted by Crippen LogP contribution is 2.29. The second-order valence-corrected chi connectivity index (χ2v) is 4.45. The molecule has 1 saturated carbocycles. The molecule has 0 saturated heterocycles. The fraction of sp³-hybridized carbons (Fsp3) is 0.583. The molecule has 1 aromatic rings. The summed E-state index contributed by atoms with van der Waals surface area (Å²) in [6, 6.07) is 3.84. The van der Waals surface area contributed by atoms with Crippen LogP contribution in [0.2, 0.25) is 5.15 Å². The Bertz CT molecular complexity index is 312. The fourth-order valence-electron chi connectivity index (χ4n) is 1.74. The van der Waals surface area contributed by atoms with Crippen LogP contribution in [0.3, 0.4) is 0 Å². The lowest BCUT2D eigenvalue weighted by atomic mass is 9.83. The molecule has 0 bridgehead atoms. The lowest BCUT2D eigenvalue weighted by molar-refractivity contribution is 0.0949. The number of pyridine rings is 1. The maximum absolute atomic E-state index is 5.91. The van der Waals surface area contributed by atoms with Gasteiger partial charge in [-0.3, -0.25) is 0 Å². The Kier molecular flexibility index (Phi) is 3.98. The standard InChI is InChI=1S/C12H16ClNO/c13-12-11(5-2-7-14-12)9-15-8-6-10-3-1-4-10/h2,5,7,10H,1,3-4,6,8-9H2. The summed E-state index contributed by atoms with van der Waals surface area (Å²) < 4.78 is 5.58. The van der Waals surface area contributed by atoms with Crippen LogP contribution in [0.4, 0.5) is 0 Å². The van der Waals surface area contributed by atoms with Gasteiger partial charge in [0.05, 0.1) is 6.61 Å². The first kappa shape index (κ1) is 10.9. The van der Waals surface area contributed by atoms with Gasteiger partial charge < -0.3 is 4.74 Å². The first-order valence-corrected chi connectivity index (χ1v) is 5.91. The average molecular weight is 226 g/mol. The Hall–Kier alpha value is -0.600. The number of rotatable bonds is 5. The maximum atomic E-state index is 5.91. The third-order valence-corrected chi connectivity index (χ3v) is 3.33. The summed E-state index contributed by atoms with van der Waals surface area (Å²) in [5.74, 6) is 0.911. The first-order chi connectivity index (χ1) is 7.36. The van der Waals surface area contributed by atoms with E-state index in [-0.39, 0.29) is 0 Å². The summed E-state index contributed by atoms with van der Waals surface area (Å²) in [5, 5.41) is 0.557. The molecule has 1 aliphatic carbocycles. The zero-order chi connectivity index (χ0) is 10.5. The van der Waals surface area contributed by atoms with E-state index in [1.54, 1.807) is 6.20 Å². The molecular weight excluding hydrogens is 210 g/mol. The van der Waals surface area contributed by atoms with Gasteiger partial charge in [-0.25, -0.2) is 4.98 Å². The van der Waals surface area contributed by atoms with Crippen LogP contribution >= 0.6 is 11.6 Å². The quantitative estimate of drug-likeness (QED) is 0.566. The minimum Gasteiger partial charge on any atom is -0.377 e. The second kappa shape index (κ2) is 5.47. The molecule has 1 aromatic heterocycles. The molecule has 3 heteroatoms. The van der Waals surface area contributed by atoms with E-state index in [4.69, 9.17) is 16.3 Å². The Morgan fingerprint density at radius 2 is 2.33 bits per heavy atom. The molecule has 1 fully saturated rings. The van der Waals surface area contributed by atoms with Gasteiger partial charge >= 0.3 is 0 Å². The number of ether oxygens (including phenoxy) is 1. The van der Waals surface area contributed by atoms with Crippen molar-refractivity contribution in [2.45, 2.75) is 32.3 Å². The van der Waals surface area contributed by atoms with Crippen LogP contribution in [-0.2, 0) is 11.3 Å². The zero-order valence-corrected chi connectivity index (χ0v) is 9.54. The molecular formula is C12H16ClNO. The molecule has 0 aliphatic heterocycles. The molecule has 82 valence electrons. The summed E-state index contributed by atoms with van der Waals surface area (Å²) in [5.41, 5.74) is 0.979. The SMILES string of the molecule is Clc1ncccc1COCCC1CCC1. The van der Waals surface area contributed by atoms with Crippen LogP contribution < -0.4 is 0 Å². The van der Waals surface area contributed by atoms with E-state index in [0.717, 1.165) is 18.1 Å². The van der Waals surface area contributed by atoms with Gasteiger partial charge in [-0.15, -0.1) is 0 Å². The monoisotopic (exact) mass is 225 g/mol. The van der Waals surface area contributed by atoms with E-state index < -0.39 is 0 Å². The minimum absolute atomic E-state index is 0.557. The number of hydrogen-bond donors (Lipinski definition) is 0. The average Bonchev–Trinajstić information content (AvgIpc) is 2.17. The third kappa shape index (κ3) is 3.18. The molecule has 2 rings (SSSR count). The van der Waals surface area contributed by atoms with E-state index in [1.807, 2.05) is 12.1 Å². The smallest absolute Gasteiger partial charge is 0.134 e. The van der Waals surface area contributed by atoms with Gasteiger partial charge in [0.2, 0.25) is 0 Å². The second-order valence-electron chi connectivity index (χ2n) is 4.09. The van der Waals surface area contributed by atoms with Crippen molar-refractivity contribution in [3.05, 3.63) is 29.0 Å². The van der Waals surface area contributed by atoms with Crippen molar-refractivity contribution in [1.29, 1.82) is 0 Å². The molecule has 0 atom stereocenters. The predicted octanol–water partition coefficient (Wildman–Crippen LogP) is 3.44. The molecule has 1 heterocycles. The molecule has 0 spiro atoms. The zero-order valence-electron chi connectivity index (χ0n) is 8.79. The minimum atomic E-state index is 0.557. The molecule has 0 aromatic carbocycles. The Balaban J connectivity index is 1.66. The van der Waals surface area contributed by atoms with Gasteiger partial charge in [0, 0.05) is 18.4 Å². The van der Waals surface area contributed by atoms with Crippen molar-refractivity contribution in [3.63, 3.8) is 0 Å². The number of halogens is 1. The van der Waals surface area contributed by atoms with E-state index in [9.17, 15) is 0 Å². The van der Waals surface area contributed by atoms with Crippen LogP contribution in [0.5, 0.6) is 0 Å². The van der Waals surface area contributed by atoms with Gasteiger partial charge in [0.1, 0.15) is 5.15 Å². The largest absolute Gasteiger partial charge is 0.377 e. The van der Waals surface area contributed by atoms with Gasteiger partial charge in [-0.1, -0.05) is 36.9 Å². The van der Waals surface area contributed by atoms with Crippen molar-refractivity contribution in [2.75, 3.05) is 6.61 Å². The molecule has 0 amide bonds. The highest BCUT2D eigenvalue weighted by molar-refractivity contribution is 6.30. The summed E-state index contributed by atoms with van der Waals surface area (Å²) >= 11 is 5.91. The van der Waals surface area contributed by atoms with E-state index in [1.165, 1.54) is 25.7 Å². The summed E-state index contributed by atoms with van der Waals surface area (Å²) in [6.45, 7) is 1.43. The Labute approximate surface area is 95.6 Å².